The van der Waals surface area contributed by atoms with Gasteiger partial charge >= 0.3 is 6.18 Å². The zero-order valence-corrected chi connectivity index (χ0v) is 11.6. The maximum Gasteiger partial charge on any atom is 0.405 e. The monoisotopic (exact) mass is 330 g/mol. The van der Waals surface area contributed by atoms with Crippen molar-refractivity contribution in [2.24, 2.45) is 0 Å². The van der Waals surface area contributed by atoms with Crippen molar-refractivity contribution in [3.05, 3.63) is 21.8 Å². The van der Waals surface area contributed by atoms with E-state index in [1.54, 1.807) is 13.8 Å². The van der Waals surface area contributed by atoms with E-state index < -0.39 is 12.7 Å². The Bertz CT molecular complexity index is 396. The van der Waals surface area contributed by atoms with E-state index in [1.165, 1.54) is 12.3 Å². The van der Waals surface area contributed by atoms with Crippen molar-refractivity contribution in [2.75, 3.05) is 11.4 Å². The molecule has 1 heterocycles. The van der Waals surface area contributed by atoms with E-state index >= 15 is 0 Å². The smallest absolute Gasteiger partial charge is 0.344 e. The number of rotatable bonds is 3. The van der Waals surface area contributed by atoms with Gasteiger partial charge in [0.25, 0.3) is 0 Å². The minimum absolute atomic E-state index is 0.141. The zero-order chi connectivity index (χ0) is 13.2. The van der Waals surface area contributed by atoms with Crippen LogP contribution in [0.4, 0.5) is 19.0 Å². The first-order valence-electron chi connectivity index (χ1n) is 4.85. The number of nitrogens with zero attached hydrogens (tertiary/aromatic N) is 2. The number of halogens is 5. The topological polar surface area (TPSA) is 16.1 Å². The van der Waals surface area contributed by atoms with E-state index in [9.17, 15) is 13.2 Å². The van der Waals surface area contributed by atoms with Gasteiger partial charge in [-0.2, -0.15) is 13.2 Å². The Hall–Kier alpha value is -0.490. The van der Waals surface area contributed by atoms with Gasteiger partial charge in [0.15, 0.2) is 0 Å². The average molecular weight is 332 g/mol. The lowest BCUT2D eigenvalue weighted by molar-refractivity contribution is -0.120. The lowest BCUT2D eigenvalue weighted by atomic mass is 10.3. The van der Waals surface area contributed by atoms with Gasteiger partial charge in [-0.25, -0.2) is 4.98 Å². The van der Waals surface area contributed by atoms with Crippen molar-refractivity contribution >= 4 is 33.3 Å². The summed E-state index contributed by atoms with van der Waals surface area (Å²) in [5, 5.41) is 0.192. The molecule has 0 saturated carbocycles. The summed E-state index contributed by atoms with van der Waals surface area (Å²) in [6.45, 7) is 2.25. The van der Waals surface area contributed by atoms with Crippen LogP contribution in [0.3, 0.4) is 0 Å². The van der Waals surface area contributed by atoms with Crippen LogP contribution in [-0.2, 0) is 0 Å². The molecule has 1 aromatic heterocycles. The van der Waals surface area contributed by atoms with E-state index in [2.05, 4.69) is 20.9 Å². The fourth-order valence-electron chi connectivity index (χ4n) is 1.31. The molecule has 0 aromatic carbocycles. The van der Waals surface area contributed by atoms with Gasteiger partial charge < -0.3 is 4.90 Å². The number of aromatic nitrogens is 1. The van der Waals surface area contributed by atoms with Crippen molar-refractivity contribution in [2.45, 2.75) is 26.1 Å². The van der Waals surface area contributed by atoms with Crippen LogP contribution in [-0.4, -0.2) is 23.7 Å². The van der Waals surface area contributed by atoms with Crippen LogP contribution in [0.1, 0.15) is 13.8 Å². The molecule has 96 valence electrons. The summed E-state index contributed by atoms with van der Waals surface area (Å²) in [6, 6.07) is 1.18. The Morgan fingerprint density at radius 2 is 2.06 bits per heavy atom. The molecular weight excluding hydrogens is 320 g/mol. The second-order valence-electron chi connectivity index (χ2n) is 3.80. The van der Waals surface area contributed by atoms with E-state index in [1.807, 2.05) is 0 Å². The standard InChI is InChI=1S/C10H11BrClF3N2/c1-6(2)17(5-10(13,14)15)9-8(12)3-7(11)4-16-9/h3-4,6H,5H2,1-2H3. The van der Waals surface area contributed by atoms with Crippen LogP contribution in [0.15, 0.2) is 16.7 Å². The van der Waals surface area contributed by atoms with Crippen LogP contribution in [0.5, 0.6) is 0 Å². The first-order valence-corrected chi connectivity index (χ1v) is 6.02. The van der Waals surface area contributed by atoms with Gasteiger partial charge in [0, 0.05) is 16.7 Å². The SMILES string of the molecule is CC(C)N(CC(F)(F)F)c1ncc(Br)cc1Cl. The molecule has 0 saturated heterocycles. The molecular formula is C10H11BrClF3N2. The summed E-state index contributed by atoms with van der Waals surface area (Å²) < 4.78 is 37.9. The summed E-state index contributed by atoms with van der Waals surface area (Å²) in [4.78, 5) is 5.05. The second kappa shape index (κ2) is 5.44. The normalized spacial score (nSPS) is 12.0. The van der Waals surface area contributed by atoms with Gasteiger partial charge in [-0.1, -0.05) is 11.6 Å². The molecule has 0 bridgehead atoms. The molecule has 2 nitrogen and oxygen atoms in total. The van der Waals surface area contributed by atoms with Gasteiger partial charge in [-0.3, -0.25) is 0 Å². The highest BCUT2D eigenvalue weighted by Gasteiger charge is 2.33. The molecule has 7 heteroatoms. The average Bonchev–Trinajstić information content (AvgIpc) is 2.13. The van der Waals surface area contributed by atoms with Gasteiger partial charge in [0.1, 0.15) is 12.4 Å². The highest BCUT2D eigenvalue weighted by molar-refractivity contribution is 9.10. The predicted molar refractivity (Wildman–Crippen MR) is 65.5 cm³/mol. The Balaban J connectivity index is 3.06. The third kappa shape index (κ3) is 4.35. The summed E-state index contributed by atoms with van der Waals surface area (Å²) in [6.07, 6.45) is -2.87. The third-order valence-corrected chi connectivity index (χ3v) is 2.75. The van der Waals surface area contributed by atoms with Crippen LogP contribution in [0, 0.1) is 0 Å². The minimum atomic E-state index is -4.29. The summed E-state index contributed by atoms with van der Waals surface area (Å²) >= 11 is 9.05. The third-order valence-electron chi connectivity index (χ3n) is 2.03. The van der Waals surface area contributed by atoms with Crippen LogP contribution in [0.2, 0.25) is 5.02 Å². The Labute approximate surface area is 111 Å². The molecule has 1 rings (SSSR count). The molecule has 0 aliphatic heterocycles. The lowest BCUT2D eigenvalue weighted by Crippen LogP contribution is -2.39. The van der Waals surface area contributed by atoms with Crippen LogP contribution in [0.25, 0.3) is 0 Å². The number of hydrogen-bond acceptors (Lipinski definition) is 2. The molecule has 0 aliphatic rings. The predicted octanol–water partition coefficient (Wildman–Crippen LogP) is 4.27. The van der Waals surface area contributed by atoms with E-state index in [0.717, 1.165) is 4.90 Å². The summed E-state index contributed by atoms with van der Waals surface area (Å²) in [5.41, 5.74) is 0. The van der Waals surface area contributed by atoms with E-state index in [0.29, 0.717) is 4.47 Å². The molecule has 0 radical (unpaired) electrons. The Kier molecular flexibility index (Phi) is 4.66. The first-order chi connectivity index (χ1) is 7.70. The second-order valence-corrected chi connectivity index (χ2v) is 5.12. The fraction of sp³-hybridized carbons (Fsp3) is 0.500. The Morgan fingerprint density at radius 1 is 1.47 bits per heavy atom. The van der Waals surface area contributed by atoms with Crippen molar-refractivity contribution in [3.63, 3.8) is 0 Å². The van der Waals surface area contributed by atoms with Gasteiger partial charge in [0.2, 0.25) is 0 Å². The highest BCUT2D eigenvalue weighted by Crippen LogP contribution is 2.30. The lowest BCUT2D eigenvalue weighted by Gasteiger charge is -2.29. The summed E-state index contributed by atoms with van der Waals surface area (Å²) in [7, 11) is 0. The molecule has 0 spiro atoms. The number of anilines is 1. The van der Waals surface area contributed by atoms with Crippen molar-refractivity contribution in [1.29, 1.82) is 0 Å². The van der Waals surface area contributed by atoms with Crippen LogP contribution >= 0.6 is 27.5 Å². The molecule has 0 atom stereocenters. The van der Waals surface area contributed by atoms with Gasteiger partial charge in [-0.15, -0.1) is 0 Å². The summed E-state index contributed by atoms with van der Waals surface area (Å²) in [5.74, 6) is 0.141. The van der Waals surface area contributed by atoms with Gasteiger partial charge in [0.05, 0.1) is 5.02 Å². The molecule has 0 fully saturated rings. The zero-order valence-electron chi connectivity index (χ0n) is 9.22. The number of hydrogen-bond donors (Lipinski definition) is 0. The molecule has 0 aliphatic carbocycles. The first kappa shape index (κ1) is 14.6. The number of alkyl halides is 3. The highest BCUT2D eigenvalue weighted by atomic mass is 79.9. The largest absolute Gasteiger partial charge is 0.405 e. The van der Waals surface area contributed by atoms with Crippen molar-refractivity contribution in [3.8, 4) is 0 Å². The van der Waals surface area contributed by atoms with Gasteiger partial charge in [-0.05, 0) is 35.8 Å². The molecule has 17 heavy (non-hydrogen) atoms. The maximum atomic E-state index is 12.4. The quantitative estimate of drug-likeness (QED) is 0.822. The number of pyridine rings is 1. The fourth-order valence-corrected chi connectivity index (χ4v) is 2.05. The maximum absolute atomic E-state index is 12.4. The minimum Gasteiger partial charge on any atom is -0.344 e. The molecule has 0 amide bonds. The molecule has 1 aromatic rings. The van der Waals surface area contributed by atoms with Crippen molar-refractivity contribution < 1.29 is 13.2 Å². The molecule has 0 N–H and O–H groups in total. The van der Waals surface area contributed by atoms with E-state index in [4.69, 9.17) is 11.6 Å². The molecule has 0 unspecified atom stereocenters. The van der Waals surface area contributed by atoms with Crippen molar-refractivity contribution in [1.82, 2.24) is 4.98 Å². The van der Waals surface area contributed by atoms with E-state index in [-0.39, 0.29) is 16.9 Å². The van der Waals surface area contributed by atoms with Crippen LogP contribution < -0.4 is 4.90 Å². The Morgan fingerprint density at radius 3 is 2.47 bits per heavy atom.